The lowest BCUT2D eigenvalue weighted by atomic mass is 10.1. The van der Waals surface area contributed by atoms with Crippen molar-refractivity contribution < 1.29 is 14.0 Å². The Morgan fingerprint density at radius 1 is 1.33 bits per heavy atom. The number of hydrogen-bond acceptors (Lipinski definition) is 3. The molecule has 0 aliphatic carbocycles. The van der Waals surface area contributed by atoms with Crippen molar-refractivity contribution >= 4 is 22.9 Å². The summed E-state index contributed by atoms with van der Waals surface area (Å²) in [4.78, 5) is 25.3. The van der Waals surface area contributed by atoms with Crippen LogP contribution in [-0.2, 0) is 4.79 Å². The Bertz CT molecular complexity index is 768. The highest BCUT2D eigenvalue weighted by Crippen LogP contribution is 2.29. The van der Waals surface area contributed by atoms with Gasteiger partial charge in [-0.2, -0.15) is 0 Å². The zero-order chi connectivity index (χ0) is 17.3. The fourth-order valence-corrected chi connectivity index (χ4v) is 3.26. The van der Waals surface area contributed by atoms with E-state index in [0.29, 0.717) is 13.1 Å². The molecule has 1 aromatic carbocycles. The summed E-state index contributed by atoms with van der Waals surface area (Å²) in [7, 11) is 0. The normalized spacial score (nSPS) is 18.6. The van der Waals surface area contributed by atoms with Crippen LogP contribution in [0.5, 0.6) is 0 Å². The average molecular weight is 329 g/mol. The first-order valence-electron chi connectivity index (χ1n) is 8.26. The van der Waals surface area contributed by atoms with Crippen LogP contribution in [0.3, 0.4) is 0 Å². The molecule has 1 aromatic heterocycles. The summed E-state index contributed by atoms with van der Waals surface area (Å²) in [6.07, 6.45) is 0.783. The lowest BCUT2D eigenvalue weighted by Gasteiger charge is -2.18. The average Bonchev–Trinajstić information content (AvgIpc) is 3.13. The smallest absolute Gasteiger partial charge is 0.315 e. The van der Waals surface area contributed by atoms with E-state index in [1.165, 1.54) is 0 Å². The standard InChI is InChI=1S/C18H23N3O3/c1-11-15-6-4-5-7-16(15)24-17(11)12(2)19-18(23)20-14-8-9-21(10-14)13(3)22/h4-7,12,14H,8-10H2,1-3H3,(H2,19,20,23)/t12-,14?/m1/s1. The molecule has 3 rings (SSSR count). The van der Waals surface area contributed by atoms with Crippen LogP contribution in [0.25, 0.3) is 11.0 Å². The summed E-state index contributed by atoms with van der Waals surface area (Å²) in [5, 5.41) is 6.92. The van der Waals surface area contributed by atoms with Crippen molar-refractivity contribution in [3.63, 3.8) is 0 Å². The first kappa shape index (κ1) is 16.4. The third kappa shape index (κ3) is 3.22. The third-order valence-electron chi connectivity index (χ3n) is 4.59. The minimum Gasteiger partial charge on any atom is -0.459 e. The van der Waals surface area contributed by atoms with Crippen molar-refractivity contribution in [2.75, 3.05) is 13.1 Å². The van der Waals surface area contributed by atoms with Crippen LogP contribution >= 0.6 is 0 Å². The van der Waals surface area contributed by atoms with E-state index >= 15 is 0 Å². The molecule has 0 bridgehead atoms. The van der Waals surface area contributed by atoms with Crippen molar-refractivity contribution in [3.8, 4) is 0 Å². The highest BCUT2D eigenvalue weighted by atomic mass is 16.3. The van der Waals surface area contributed by atoms with Gasteiger partial charge in [-0.05, 0) is 26.3 Å². The molecule has 2 N–H and O–H groups in total. The lowest BCUT2D eigenvalue weighted by Crippen LogP contribution is -2.44. The first-order chi connectivity index (χ1) is 11.5. The Morgan fingerprint density at radius 3 is 2.75 bits per heavy atom. The zero-order valence-electron chi connectivity index (χ0n) is 14.3. The van der Waals surface area contributed by atoms with Crippen molar-refractivity contribution in [1.82, 2.24) is 15.5 Å². The van der Waals surface area contributed by atoms with Gasteiger partial charge in [0.25, 0.3) is 0 Å². The first-order valence-corrected chi connectivity index (χ1v) is 8.26. The molecule has 1 aliphatic rings. The van der Waals surface area contributed by atoms with Gasteiger partial charge in [-0.1, -0.05) is 18.2 Å². The monoisotopic (exact) mass is 329 g/mol. The Balaban J connectivity index is 1.61. The van der Waals surface area contributed by atoms with E-state index in [9.17, 15) is 9.59 Å². The van der Waals surface area contributed by atoms with Crippen LogP contribution in [-0.4, -0.2) is 36.0 Å². The van der Waals surface area contributed by atoms with Gasteiger partial charge in [-0.15, -0.1) is 0 Å². The largest absolute Gasteiger partial charge is 0.459 e. The van der Waals surface area contributed by atoms with E-state index in [0.717, 1.165) is 28.7 Å². The predicted molar refractivity (Wildman–Crippen MR) is 91.7 cm³/mol. The van der Waals surface area contributed by atoms with Crippen LogP contribution in [0.15, 0.2) is 28.7 Å². The number of benzene rings is 1. The van der Waals surface area contributed by atoms with E-state index in [2.05, 4.69) is 10.6 Å². The van der Waals surface area contributed by atoms with E-state index in [1.54, 1.807) is 11.8 Å². The summed E-state index contributed by atoms with van der Waals surface area (Å²) in [5.74, 6) is 0.814. The predicted octanol–water partition coefficient (Wildman–Crippen LogP) is 2.72. The van der Waals surface area contributed by atoms with Gasteiger partial charge in [0.2, 0.25) is 5.91 Å². The summed E-state index contributed by atoms with van der Waals surface area (Å²) in [6.45, 7) is 6.72. The second kappa shape index (κ2) is 6.55. The topological polar surface area (TPSA) is 74.6 Å². The molecule has 1 aliphatic heterocycles. The third-order valence-corrected chi connectivity index (χ3v) is 4.59. The molecule has 0 saturated carbocycles. The minimum absolute atomic E-state index is 0.00197. The summed E-state index contributed by atoms with van der Waals surface area (Å²) in [5.41, 5.74) is 1.87. The number of aryl methyl sites for hydroxylation is 1. The van der Waals surface area contributed by atoms with Crippen molar-refractivity contribution in [2.45, 2.75) is 39.3 Å². The lowest BCUT2D eigenvalue weighted by molar-refractivity contribution is -0.127. The number of carbonyl (C=O) groups is 2. The Morgan fingerprint density at radius 2 is 2.08 bits per heavy atom. The SMILES string of the molecule is CC(=O)N1CCC(NC(=O)N[C@H](C)c2oc3ccccc3c2C)C1. The maximum atomic E-state index is 12.2. The number of hydrogen-bond donors (Lipinski definition) is 2. The van der Waals surface area contributed by atoms with Crippen molar-refractivity contribution in [2.24, 2.45) is 0 Å². The number of urea groups is 1. The van der Waals surface area contributed by atoms with Gasteiger partial charge in [-0.3, -0.25) is 4.79 Å². The number of para-hydroxylation sites is 1. The molecule has 128 valence electrons. The molecule has 1 saturated heterocycles. The quantitative estimate of drug-likeness (QED) is 0.909. The van der Waals surface area contributed by atoms with Crippen LogP contribution < -0.4 is 10.6 Å². The summed E-state index contributed by atoms with van der Waals surface area (Å²) in [6, 6.07) is 7.37. The number of furan rings is 1. The van der Waals surface area contributed by atoms with Gasteiger partial charge in [0.05, 0.1) is 6.04 Å². The van der Waals surface area contributed by atoms with Crippen LogP contribution in [0.2, 0.25) is 0 Å². The zero-order valence-corrected chi connectivity index (χ0v) is 14.3. The Kier molecular flexibility index (Phi) is 4.46. The van der Waals surface area contributed by atoms with Gasteiger partial charge in [0.1, 0.15) is 11.3 Å². The highest BCUT2D eigenvalue weighted by Gasteiger charge is 2.26. The molecule has 6 nitrogen and oxygen atoms in total. The number of nitrogens with zero attached hydrogens (tertiary/aromatic N) is 1. The van der Waals surface area contributed by atoms with Gasteiger partial charge in [-0.25, -0.2) is 4.79 Å². The summed E-state index contributed by atoms with van der Waals surface area (Å²) >= 11 is 0. The van der Waals surface area contributed by atoms with E-state index in [4.69, 9.17) is 4.42 Å². The molecule has 2 heterocycles. The Hall–Kier alpha value is -2.50. The van der Waals surface area contributed by atoms with Gasteiger partial charge < -0.3 is 20.0 Å². The molecule has 2 aromatic rings. The van der Waals surface area contributed by atoms with Crippen LogP contribution in [0.4, 0.5) is 4.79 Å². The fourth-order valence-electron chi connectivity index (χ4n) is 3.26. The Labute approximate surface area is 141 Å². The van der Waals surface area contributed by atoms with E-state index < -0.39 is 0 Å². The molecular weight excluding hydrogens is 306 g/mol. The number of rotatable bonds is 3. The maximum absolute atomic E-state index is 12.2. The number of fused-ring (bicyclic) bond motifs is 1. The highest BCUT2D eigenvalue weighted by molar-refractivity contribution is 5.82. The number of nitrogens with one attached hydrogen (secondary N) is 2. The molecule has 6 heteroatoms. The molecule has 2 atom stereocenters. The molecule has 0 radical (unpaired) electrons. The maximum Gasteiger partial charge on any atom is 0.315 e. The summed E-state index contributed by atoms with van der Waals surface area (Å²) < 4.78 is 5.88. The molecule has 1 unspecified atom stereocenters. The van der Waals surface area contributed by atoms with E-state index in [-0.39, 0.29) is 24.0 Å². The van der Waals surface area contributed by atoms with Crippen LogP contribution in [0.1, 0.15) is 37.6 Å². The molecule has 24 heavy (non-hydrogen) atoms. The van der Waals surface area contributed by atoms with Gasteiger partial charge in [0.15, 0.2) is 0 Å². The minimum atomic E-state index is -0.238. The number of carbonyl (C=O) groups excluding carboxylic acids is 2. The van der Waals surface area contributed by atoms with Crippen LogP contribution in [0, 0.1) is 6.92 Å². The second-order valence-corrected chi connectivity index (χ2v) is 6.38. The second-order valence-electron chi connectivity index (χ2n) is 6.38. The van der Waals surface area contributed by atoms with Gasteiger partial charge >= 0.3 is 6.03 Å². The number of likely N-dealkylation sites (tertiary alicyclic amines) is 1. The number of amides is 3. The van der Waals surface area contributed by atoms with Gasteiger partial charge in [0, 0.05) is 37.0 Å². The molecule has 0 spiro atoms. The van der Waals surface area contributed by atoms with E-state index in [1.807, 2.05) is 38.1 Å². The molecular formula is C18H23N3O3. The van der Waals surface area contributed by atoms with Crippen molar-refractivity contribution in [3.05, 3.63) is 35.6 Å². The fraction of sp³-hybridized carbons (Fsp3) is 0.444. The molecule has 3 amide bonds. The van der Waals surface area contributed by atoms with Crippen molar-refractivity contribution in [1.29, 1.82) is 0 Å². The molecule has 1 fully saturated rings.